The lowest BCUT2D eigenvalue weighted by atomic mass is 10.0. The van der Waals surface area contributed by atoms with Crippen molar-refractivity contribution in [1.82, 2.24) is 20.0 Å². The van der Waals surface area contributed by atoms with Gasteiger partial charge in [-0.1, -0.05) is 32.8 Å². The number of pyridine rings is 1. The smallest absolute Gasteiger partial charge is 0.191 e. The number of imidazole rings is 1. The summed E-state index contributed by atoms with van der Waals surface area (Å²) < 4.78 is 2.11. The molecule has 0 amide bonds. The van der Waals surface area contributed by atoms with E-state index in [2.05, 4.69) is 65.0 Å². The average molecular weight is 315 g/mol. The van der Waals surface area contributed by atoms with Gasteiger partial charge in [0.15, 0.2) is 5.96 Å². The van der Waals surface area contributed by atoms with E-state index in [4.69, 9.17) is 0 Å². The molecule has 0 atom stereocenters. The SMILES string of the molecule is CCNC(=NCc1cn2c(C)cccc2n1)NCC(CC)CC. The molecule has 126 valence electrons. The highest BCUT2D eigenvalue weighted by atomic mass is 15.2. The molecule has 2 N–H and O–H groups in total. The molecule has 5 heteroatoms. The standard InChI is InChI=1S/C18H29N5/c1-5-15(6-2)11-20-18(19-7-3)21-12-16-13-23-14(4)9-8-10-17(23)22-16/h8-10,13,15H,5-7,11-12H2,1-4H3,(H2,19,20,21). The Kier molecular flexibility index (Phi) is 6.44. The number of hydrogen-bond donors (Lipinski definition) is 2. The summed E-state index contributed by atoms with van der Waals surface area (Å²) in [7, 11) is 0. The van der Waals surface area contributed by atoms with Crippen LogP contribution in [-0.4, -0.2) is 28.4 Å². The minimum atomic E-state index is 0.583. The van der Waals surface area contributed by atoms with Crippen LogP contribution in [0.4, 0.5) is 0 Å². The molecule has 0 aliphatic heterocycles. The molecule has 0 aliphatic carbocycles. The molecular weight excluding hydrogens is 286 g/mol. The summed E-state index contributed by atoms with van der Waals surface area (Å²) in [6, 6.07) is 6.14. The predicted molar refractivity (Wildman–Crippen MR) is 96.8 cm³/mol. The van der Waals surface area contributed by atoms with Crippen LogP contribution < -0.4 is 10.6 Å². The van der Waals surface area contributed by atoms with Crippen molar-refractivity contribution in [2.24, 2.45) is 10.9 Å². The summed E-state index contributed by atoms with van der Waals surface area (Å²) in [6.07, 6.45) is 4.45. The Morgan fingerprint density at radius 3 is 2.65 bits per heavy atom. The first kappa shape index (κ1) is 17.3. The molecule has 0 spiro atoms. The Balaban J connectivity index is 2.04. The Bertz CT molecular complexity index is 640. The zero-order valence-electron chi connectivity index (χ0n) is 14.8. The number of hydrogen-bond acceptors (Lipinski definition) is 2. The topological polar surface area (TPSA) is 53.7 Å². The van der Waals surface area contributed by atoms with Crippen molar-refractivity contribution in [2.45, 2.75) is 47.1 Å². The van der Waals surface area contributed by atoms with Crippen LogP contribution >= 0.6 is 0 Å². The number of aromatic nitrogens is 2. The first-order valence-corrected chi connectivity index (χ1v) is 8.63. The Hall–Kier alpha value is -2.04. The van der Waals surface area contributed by atoms with Crippen molar-refractivity contribution in [3.63, 3.8) is 0 Å². The van der Waals surface area contributed by atoms with Crippen LogP contribution in [0.2, 0.25) is 0 Å². The summed E-state index contributed by atoms with van der Waals surface area (Å²) in [6.45, 7) is 11.0. The van der Waals surface area contributed by atoms with Crippen LogP contribution in [0.5, 0.6) is 0 Å². The van der Waals surface area contributed by atoms with E-state index in [-0.39, 0.29) is 0 Å². The average Bonchev–Trinajstić information content (AvgIpc) is 2.98. The summed E-state index contributed by atoms with van der Waals surface area (Å²) >= 11 is 0. The highest BCUT2D eigenvalue weighted by molar-refractivity contribution is 5.79. The van der Waals surface area contributed by atoms with Crippen LogP contribution in [0.3, 0.4) is 0 Å². The number of aryl methyl sites for hydroxylation is 1. The fourth-order valence-corrected chi connectivity index (χ4v) is 2.60. The van der Waals surface area contributed by atoms with Gasteiger partial charge in [0.25, 0.3) is 0 Å². The number of nitrogens with zero attached hydrogens (tertiary/aromatic N) is 3. The molecule has 2 aromatic rings. The van der Waals surface area contributed by atoms with Crippen molar-refractivity contribution in [1.29, 1.82) is 0 Å². The number of fused-ring (bicyclic) bond motifs is 1. The molecule has 0 radical (unpaired) electrons. The van der Waals surface area contributed by atoms with Gasteiger partial charge in [-0.15, -0.1) is 0 Å². The van der Waals surface area contributed by atoms with E-state index < -0.39 is 0 Å². The van der Waals surface area contributed by atoms with E-state index in [1.54, 1.807) is 0 Å². The highest BCUT2D eigenvalue weighted by Gasteiger charge is 2.06. The van der Waals surface area contributed by atoms with Gasteiger partial charge in [0.05, 0.1) is 12.2 Å². The third-order valence-electron chi connectivity index (χ3n) is 4.20. The van der Waals surface area contributed by atoms with Gasteiger partial charge >= 0.3 is 0 Å². The van der Waals surface area contributed by atoms with Gasteiger partial charge in [-0.2, -0.15) is 0 Å². The molecule has 0 aromatic carbocycles. The third-order valence-corrected chi connectivity index (χ3v) is 4.20. The fraction of sp³-hybridized carbons (Fsp3) is 0.556. The zero-order valence-corrected chi connectivity index (χ0v) is 14.8. The van der Waals surface area contributed by atoms with Gasteiger partial charge in [0.2, 0.25) is 0 Å². The summed E-state index contributed by atoms with van der Waals surface area (Å²) in [5.41, 5.74) is 3.15. The van der Waals surface area contributed by atoms with Crippen molar-refractivity contribution < 1.29 is 0 Å². The third kappa shape index (κ3) is 4.71. The van der Waals surface area contributed by atoms with Crippen molar-refractivity contribution in [2.75, 3.05) is 13.1 Å². The Morgan fingerprint density at radius 1 is 1.22 bits per heavy atom. The first-order chi connectivity index (χ1) is 11.2. The maximum atomic E-state index is 4.67. The number of aliphatic imine (C=N–C) groups is 1. The van der Waals surface area contributed by atoms with Crippen LogP contribution in [0.1, 0.15) is 45.0 Å². The maximum absolute atomic E-state index is 4.67. The molecule has 0 aliphatic rings. The summed E-state index contributed by atoms with van der Waals surface area (Å²) in [5.74, 6) is 1.56. The van der Waals surface area contributed by atoms with Gasteiger partial charge in [-0.05, 0) is 31.9 Å². The normalized spacial score (nSPS) is 12.1. The van der Waals surface area contributed by atoms with E-state index in [0.717, 1.165) is 30.4 Å². The van der Waals surface area contributed by atoms with Gasteiger partial charge in [0, 0.05) is 25.0 Å². The van der Waals surface area contributed by atoms with Crippen molar-refractivity contribution in [3.05, 3.63) is 35.8 Å². The minimum absolute atomic E-state index is 0.583. The molecule has 5 nitrogen and oxygen atoms in total. The quantitative estimate of drug-likeness (QED) is 0.610. The molecule has 2 heterocycles. The van der Waals surface area contributed by atoms with Crippen LogP contribution in [0.15, 0.2) is 29.4 Å². The molecule has 2 rings (SSSR count). The maximum Gasteiger partial charge on any atom is 0.191 e. The molecule has 0 fully saturated rings. The molecule has 2 aromatic heterocycles. The molecule has 0 saturated carbocycles. The molecule has 0 saturated heterocycles. The lowest BCUT2D eigenvalue weighted by molar-refractivity contribution is 0.481. The number of nitrogens with one attached hydrogen (secondary N) is 2. The molecular formula is C18H29N5. The Labute approximate surface area is 139 Å². The van der Waals surface area contributed by atoms with E-state index >= 15 is 0 Å². The summed E-state index contributed by atoms with van der Waals surface area (Å²) in [5, 5.41) is 6.75. The Morgan fingerprint density at radius 2 is 2.00 bits per heavy atom. The van der Waals surface area contributed by atoms with Gasteiger partial charge in [0.1, 0.15) is 5.65 Å². The molecule has 23 heavy (non-hydrogen) atoms. The molecule has 0 bridgehead atoms. The predicted octanol–water partition coefficient (Wildman–Crippen LogP) is 3.13. The lowest BCUT2D eigenvalue weighted by Crippen LogP contribution is -2.39. The van der Waals surface area contributed by atoms with E-state index in [0.29, 0.717) is 12.5 Å². The van der Waals surface area contributed by atoms with E-state index in [1.165, 1.54) is 18.5 Å². The van der Waals surface area contributed by atoms with Crippen molar-refractivity contribution >= 4 is 11.6 Å². The van der Waals surface area contributed by atoms with Crippen molar-refractivity contribution in [3.8, 4) is 0 Å². The number of rotatable bonds is 7. The molecule has 0 unspecified atom stereocenters. The van der Waals surface area contributed by atoms with Gasteiger partial charge in [-0.25, -0.2) is 9.98 Å². The first-order valence-electron chi connectivity index (χ1n) is 8.63. The van der Waals surface area contributed by atoms with Crippen LogP contribution in [-0.2, 0) is 6.54 Å². The monoisotopic (exact) mass is 315 g/mol. The minimum Gasteiger partial charge on any atom is -0.357 e. The lowest BCUT2D eigenvalue weighted by Gasteiger charge is -2.16. The van der Waals surface area contributed by atoms with Gasteiger partial charge < -0.3 is 15.0 Å². The highest BCUT2D eigenvalue weighted by Crippen LogP contribution is 2.09. The van der Waals surface area contributed by atoms with Gasteiger partial charge in [-0.3, -0.25) is 0 Å². The zero-order chi connectivity index (χ0) is 16.7. The second kappa shape index (κ2) is 8.56. The fourth-order valence-electron chi connectivity index (χ4n) is 2.60. The summed E-state index contributed by atoms with van der Waals surface area (Å²) in [4.78, 5) is 9.30. The van der Waals surface area contributed by atoms with Crippen LogP contribution in [0.25, 0.3) is 5.65 Å². The van der Waals surface area contributed by atoms with E-state index in [9.17, 15) is 0 Å². The van der Waals surface area contributed by atoms with E-state index in [1.807, 2.05) is 12.1 Å². The second-order valence-electron chi connectivity index (χ2n) is 5.89. The largest absolute Gasteiger partial charge is 0.357 e. The number of guanidine groups is 1. The van der Waals surface area contributed by atoms with Crippen LogP contribution in [0, 0.1) is 12.8 Å². The second-order valence-corrected chi connectivity index (χ2v) is 5.89.